The van der Waals surface area contributed by atoms with Crippen LogP contribution < -0.4 is 10.6 Å². The van der Waals surface area contributed by atoms with Crippen molar-refractivity contribution in [2.45, 2.75) is 19.8 Å². The SMILES string of the molecule is Cc1nc(N2CCCC2)nc(N)c1C#N. The number of rotatable bonds is 1. The van der Waals surface area contributed by atoms with Crippen molar-refractivity contribution in [1.82, 2.24) is 9.97 Å². The fraction of sp³-hybridized carbons (Fsp3) is 0.500. The molecule has 0 aromatic carbocycles. The molecule has 0 unspecified atom stereocenters. The summed E-state index contributed by atoms with van der Waals surface area (Å²) in [6.07, 6.45) is 2.34. The van der Waals surface area contributed by atoms with Crippen molar-refractivity contribution in [3.05, 3.63) is 11.3 Å². The molecule has 0 amide bonds. The van der Waals surface area contributed by atoms with Crippen molar-refractivity contribution in [1.29, 1.82) is 5.26 Å². The molecule has 1 aromatic rings. The minimum absolute atomic E-state index is 0.284. The van der Waals surface area contributed by atoms with Crippen molar-refractivity contribution >= 4 is 11.8 Å². The van der Waals surface area contributed by atoms with Crippen LogP contribution in [0, 0.1) is 18.3 Å². The fourth-order valence-electron chi connectivity index (χ4n) is 1.78. The number of aryl methyl sites for hydroxylation is 1. The van der Waals surface area contributed by atoms with Gasteiger partial charge in [-0.2, -0.15) is 10.2 Å². The highest BCUT2D eigenvalue weighted by Gasteiger charge is 2.17. The molecule has 0 bridgehead atoms. The molecule has 5 heteroatoms. The van der Waals surface area contributed by atoms with E-state index in [0.29, 0.717) is 17.2 Å². The average Bonchev–Trinajstić information content (AvgIpc) is 2.69. The van der Waals surface area contributed by atoms with E-state index in [0.717, 1.165) is 13.1 Å². The molecule has 78 valence electrons. The van der Waals surface area contributed by atoms with Crippen molar-refractivity contribution in [3.63, 3.8) is 0 Å². The lowest BCUT2D eigenvalue weighted by atomic mass is 10.2. The van der Waals surface area contributed by atoms with Gasteiger partial charge in [0, 0.05) is 13.1 Å². The maximum absolute atomic E-state index is 8.83. The normalized spacial score (nSPS) is 15.3. The van der Waals surface area contributed by atoms with E-state index in [4.69, 9.17) is 11.0 Å². The molecule has 1 aliphatic heterocycles. The van der Waals surface area contributed by atoms with Crippen LogP contribution in [0.1, 0.15) is 24.1 Å². The summed E-state index contributed by atoms with van der Waals surface area (Å²) in [6, 6.07) is 2.01. The summed E-state index contributed by atoms with van der Waals surface area (Å²) in [6.45, 7) is 3.74. The second-order valence-corrected chi connectivity index (χ2v) is 3.68. The predicted molar refractivity (Wildman–Crippen MR) is 57.3 cm³/mol. The Bertz CT molecular complexity index is 391. The average molecular weight is 203 g/mol. The number of nitrogens with two attached hydrogens (primary N) is 1. The Morgan fingerprint density at radius 3 is 2.53 bits per heavy atom. The maximum Gasteiger partial charge on any atom is 0.227 e. The van der Waals surface area contributed by atoms with Gasteiger partial charge in [-0.15, -0.1) is 0 Å². The van der Waals surface area contributed by atoms with Gasteiger partial charge in [0.2, 0.25) is 5.95 Å². The van der Waals surface area contributed by atoms with Crippen LogP contribution in [0.5, 0.6) is 0 Å². The molecule has 1 saturated heterocycles. The summed E-state index contributed by atoms with van der Waals surface area (Å²) < 4.78 is 0. The number of hydrogen-bond donors (Lipinski definition) is 1. The Morgan fingerprint density at radius 2 is 2.00 bits per heavy atom. The number of anilines is 2. The van der Waals surface area contributed by atoms with Crippen LogP contribution in [0.2, 0.25) is 0 Å². The quantitative estimate of drug-likeness (QED) is 0.731. The van der Waals surface area contributed by atoms with Crippen LogP contribution in [0.4, 0.5) is 11.8 Å². The monoisotopic (exact) mass is 203 g/mol. The van der Waals surface area contributed by atoms with Crippen LogP contribution in [0.25, 0.3) is 0 Å². The topological polar surface area (TPSA) is 78.8 Å². The minimum Gasteiger partial charge on any atom is -0.382 e. The molecule has 0 spiro atoms. The summed E-state index contributed by atoms with van der Waals surface area (Å²) in [5.41, 5.74) is 6.75. The molecule has 0 atom stereocenters. The van der Waals surface area contributed by atoms with E-state index in [1.165, 1.54) is 12.8 Å². The van der Waals surface area contributed by atoms with E-state index in [1.54, 1.807) is 6.92 Å². The molecule has 1 fully saturated rings. The molecule has 5 nitrogen and oxygen atoms in total. The molecule has 15 heavy (non-hydrogen) atoms. The van der Waals surface area contributed by atoms with Crippen molar-refractivity contribution in [2.24, 2.45) is 0 Å². The summed E-state index contributed by atoms with van der Waals surface area (Å²) in [5, 5.41) is 8.83. The summed E-state index contributed by atoms with van der Waals surface area (Å²) in [7, 11) is 0. The zero-order valence-corrected chi connectivity index (χ0v) is 8.69. The first-order chi connectivity index (χ1) is 7.22. The Kier molecular flexibility index (Phi) is 2.42. The maximum atomic E-state index is 8.83. The molecule has 2 rings (SSSR count). The summed E-state index contributed by atoms with van der Waals surface area (Å²) in [4.78, 5) is 10.6. The second kappa shape index (κ2) is 3.73. The van der Waals surface area contributed by atoms with Crippen molar-refractivity contribution < 1.29 is 0 Å². The van der Waals surface area contributed by atoms with Gasteiger partial charge in [0.1, 0.15) is 17.5 Å². The number of nitrogens with zero attached hydrogens (tertiary/aromatic N) is 4. The zero-order valence-electron chi connectivity index (χ0n) is 8.69. The van der Waals surface area contributed by atoms with Crippen LogP contribution in [-0.4, -0.2) is 23.1 Å². The van der Waals surface area contributed by atoms with E-state index in [2.05, 4.69) is 14.9 Å². The van der Waals surface area contributed by atoms with Crippen LogP contribution >= 0.6 is 0 Å². The van der Waals surface area contributed by atoms with Gasteiger partial charge >= 0.3 is 0 Å². The molecule has 2 heterocycles. The third kappa shape index (κ3) is 1.71. The van der Waals surface area contributed by atoms with Crippen molar-refractivity contribution in [3.8, 4) is 6.07 Å². The number of aromatic nitrogens is 2. The lowest BCUT2D eigenvalue weighted by molar-refractivity contribution is 0.889. The molecule has 0 saturated carbocycles. The Balaban J connectivity index is 2.39. The van der Waals surface area contributed by atoms with Gasteiger partial charge in [0.25, 0.3) is 0 Å². The van der Waals surface area contributed by atoms with E-state index in [9.17, 15) is 0 Å². The number of nitrogen functional groups attached to an aromatic ring is 1. The van der Waals surface area contributed by atoms with Crippen molar-refractivity contribution in [2.75, 3.05) is 23.7 Å². The molecule has 0 aliphatic carbocycles. The fourth-order valence-corrected chi connectivity index (χ4v) is 1.78. The summed E-state index contributed by atoms with van der Waals surface area (Å²) in [5.74, 6) is 0.938. The predicted octanol–water partition coefficient (Wildman–Crippen LogP) is 0.839. The molecule has 1 aromatic heterocycles. The van der Waals surface area contributed by atoms with Gasteiger partial charge in [0.05, 0.1) is 5.69 Å². The highest BCUT2D eigenvalue weighted by atomic mass is 15.3. The standard InChI is InChI=1S/C10H13N5/c1-7-8(6-11)9(12)14-10(13-7)15-4-2-3-5-15/h2-5H2,1H3,(H2,12,13,14). The zero-order chi connectivity index (χ0) is 10.8. The molecular formula is C10H13N5. The second-order valence-electron chi connectivity index (χ2n) is 3.68. The first-order valence-electron chi connectivity index (χ1n) is 5.01. The van der Waals surface area contributed by atoms with Gasteiger partial charge in [-0.05, 0) is 19.8 Å². The minimum atomic E-state index is 0.284. The third-order valence-corrected chi connectivity index (χ3v) is 2.61. The van der Waals surface area contributed by atoms with Gasteiger partial charge in [0.15, 0.2) is 0 Å². The molecule has 2 N–H and O–H groups in total. The van der Waals surface area contributed by atoms with E-state index >= 15 is 0 Å². The molecular weight excluding hydrogens is 190 g/mol. The highest BCUT2D eigenvalue weighted by Crippen LogP contribution is 2.20. The summed E-state index contributed by atoms with van der Waals surface area (Å²) >= 11 is 0. The van der Waals surface area contributed by atoms with Gasteiger partial charge in [-0.1, -0.05) is 0 Å². The molecule has 1 aliphatic rings. The first-order valence-corrected chi connectivity index (χ1v) is 5.01. The Morgan fingerprint density at radius 1 is 1.33 bits per heavy atom. The van der Waals surface area contributed by atoms with Crippen LogP contribution in [0.15, 0.2) is 0 Å². The van der Waals surface area contributed by atoms with Crippen LogP contribution in [-0.2, 0) is 0 Å². The van der Waals surface area contributed by atoms with E-state index in [-0.39, 0.29) is 5.82 Å². The number of hydrogen-bond acceptors (Lipinski definition) is 5. The Hall–Kier alpha value is -1.83. The van der Waals surface area contributed by atoms with Crippen LogP contribution in [0.3, 0.4) is 0 Å². The molecule has 0 radical (unpaired) electrons. The van der Waals surface area contributed by atoms with Gasteiger partial charge < -0.3 is 10.6 Å². The van der Waals surface area contributed by atoms with Gasteiger partial charge in [-0.3, -0.25) is 0 Å². The van der Waals surface area contributed by atoms with E-state index < -0.39 is 0 Å². The number of nitriles is 1. The third-order valence-electron chi connectivity index (χ3n) is 2.61. The van der Waals surface area contributed by atoms with Gasteiger partial charge in [-0.25, -0.2) is 4.98 Å². The first kappa shape index (κ1) is 9.71. The highest BCUT2D eigenvalue weighted by molar-refractivity contribution is 5.54. The van der Waals surface area contributed by atoms with E-state index in [1.807, 2.05) is 6.07 Å². The Labute approximate surface area is 88.5 Å². The smallest absolute Gasteiger partial charge is 0.227 e. The lowest BCUT2D eigenvalue weighted by Crippen LogP contribution is -2.21. The largest absolute Gasteiger partial charge is 0.382 e. The lowest BCUT2D eigenvalue weighted by Gasteiger charge is -2.16.